The van der Waals surface area contributed by atoms with Crippen LogP contribution in [-0.4, -0.2) is 57.5 Å². The van der Waals surface area contributed by atoms with Crippen molar-refractivity contribution in [1.29, 1.82) is 0 Å². The van der Waals surface area contributed by atoms with Crippen LogP contribution in [0.25, 0.3) is 0 Å². The van der Waals surface area contributed by atoms with E-state index in [2.05, 4.69) is 61.7 Å². The lowest BCUT2D eigenvalue weighted by molar-refractivity contribution is 0.244. The van der Waals surface area contributed by atoms with Crippen LogP contribution in [0.1, 0.15) is 43.4 Å². The van der Waals surface area contributed by atoms with Crippen LogP contribution in [0.2, 0.25) is 0 Å². The third-order valence-electron chi connectivity index (χ3n) is 7.02. The standard InChI is InChI=1S/C22H32N2O3.C10H12O.C2H2/c1-6-23(3)14-15-27-20-11-8-18(9-12-20)17-24(7-2)19-10-13-21(25-4)22(16-19)26-5;11-10-6-5-8-3-1-2-4-9(8)7-10;1-2/h8-13,16H,6-7,14-15,17H2,1-5H3;5-7,11H,1-4H2;1-2H. The zero-order chi connectivity index (χ0) is 29.3. The van der Waals surface area contributed by atoms with Crippen molar-refractivity contribution in [3.05, 3.63) is 77.4 Å². The molecule has 0 amide bonds. The SMILES string of the molecule is C#C.CCN(C)CCOc1ccc(CN(CC)c2ccc(OC)c(OC)c2)cc1.Oc1ccc2c(c1)CCCC2. The largest absolute Gasteiger partial charge is 0.508 e. The first-order valence-electron chi connectivity index (χ1n) is 14.0. The van der Waals surface area contributed by atoms with Crippen LogP contribution in [0, 0.1) is 12.8 Å². The van der Waals surface area contributed by atoms with Gasteiger partial charge in [0.2, 0.25) is 0 Å². The van der Waals surface area contributed by atoms with Crippen molar-refractivity contribution >= 4 is 5.69 Å². The fourth-order valence-corrected chi connectivity index (χ4v) is 4.52. The molecule has 0 saturated heterocycles. The highest BCUT2D eigenvalue weighted by molar-refractivity contribution is 5.56. The van der Waals surface area contributed by atoms with Crippen LogP contribution >= 0.6 is 0 Å². The summed E-state index contributed by atoms with van der Waals surface area (Å²) in [4.78, 5) is 4.53. The lowest BCUT2D eigenvalue weighted by Gasteiger charge is -2.24. The fourth-order valence-electron chi connectivity index (χ4n) is 4.52. The number of terminal acetylenes is 1. The second-order valence-corrected chi connectivity index (χ2v) is 9.60. The molecule has 0 fully saturated rings. The zero-order valence-electron chi connectivity index (χ0n) is 24.9. The van der Waals surface area contributed by atoms with Crippen molar-refractivity contribution in [2.24, 2.45) is 0 Å². The number of nitrogens with zero attached hydrogens (tertiary/aromatic N) is 2. The van der Waals surface area contributed by atoms with Crippen molar-refractivity contribution in [1.82, 2.24) is 4.90 Å². The first-order chi connectivity index (χ1) is 19.5. The van der Waals surface area contributed by atoms with Crippen LogP contribution in [-0.2, 0) is 19.4 Å². The van der Waals surface area contributed by atoms with Gasteiger partial charge in [-0.05, 0) is 99.3 Å². The van der Waals surface area contributed by atoms with Crippen molar-refractivity contribution in [2.75, 3.05) is 52.4 Å². The first-order valence-corrected chi connectivity index (χ1v) is 14.0. The fraction of sp³-hybridized carbons (Fsp3) is 0.412. The van der Waals surface area contributed by atoms with Gasteiger partial charge in [0.1, 0.15) is 18.1 Å². The van der Waals surface area contributed by atoms with E-state index in [1.807, 2.05) is 36.4 Å². The summed E-state index contributed by atoms with van der Waals surface area (Å²) in [6.45, 7) is 8.69. The number of methoxy groups -OCH3 is 2. The smallest absolute Gasteiger partial charge is 0.162 e. The number of benzene rings is 3. The summed E-state index contributed by atoms with van der Waals surface area (Å²) in [5.74, 6) is 2.81. The summed E-state index contributed by atoms with van der Waals surface area (Å²) in [5.41, 5.74) is 5.12. The number of hydrogen-bond acceptors (Lipinski definition) is 6. The lowest BCUT2D eigenvalue weighted by atomic mass is 9.92. The number of hydrogen-bond donors (Lipinski definition) is 1. The maximum Gasteiger partial charge on any atom is 0.162 e. The third-order valence-corrected chi connectivity index (χ3v) is 7.02. The molecule has 6 nitrogen and oxygen atoms in total. The normalized spacial score (nSPS) is 11.7. The molecule has 3 aromatic carbocycles. The second kappa shape index (κ2) is 17.7. The van der Waals surface area contributed by atoms with Gasteiger partial charge in [-0.2, -0.15) is 0 Å². The van der Waals surface area contributed by atoms with Crippen LogP contribution in [0.15, 0.2) is 60.7 Å². The molecule has 6 heteroatoms. The average Bonchev–Trinajstić information content (AvgIpc) is 3.01. The quantitative estimate of drug-likeness (QED) is 0.274. The van der Waals surface area contributed by atoms with Crippen LogP contribution < -0.4 is 19.1 Å². The zero-order valence-corrected chi connectivity index (χ0v) is 24.9. The monoisotopic (exact) mass is 546 g/mol. The van der Waals surface area contributed by atoms with E-state index in [0.29, 0.717) is 12.4 Å². The van der Waals surface area contributed by atoms with Crippen molar-refractivity contribution in [3.8, 4) is 35.8 Å². The predicted octanol–water partition coefficient (Wildman–Crippen LogP) is 6.58. The van der Waals surface area contributed by atoms with E-state index in [4.69, 9.17) is 14.2 Å². The van der Waals surface area contributed by atoms with Gasteiger partial charge < -0.3 is 29.1 Å². The van der Waals surface area contributed by atoms with Gasteiger partial charge in [-0.25, -0.2) is 0 Å². The highest BCUT2D eigenvalue weighted by Gasteiger charge is 2.11. The minimum Gasteiger partial charge on any atom is -0.508 e. The minimum atomic E-state index is 0.408. The Morgan fingerprint density at radius 3 is 2.10 bits per heavy atom. The Bertz CT molecular complexity index is 1160. The molecule has 1 aliphatic rings. The maximum absolute atomic E-state index is 9.19. The summed E-state index contributed by atoms with van der Waals surface area (Å²) < 4.78 is 16.6. The number of rotatable bonds is 11. The maximum atomic E-state index is 9.19. The molecule has 0 unspecified atom stereocenters. The third kappa shape index (κ3) is 10.1. The van der Waals surface area contributed by atoms with Crippen molar-refractivity contribution < 1.29 is 19.3 Å². The Hall–Kier alpha value is -3.82. The Morgan fingerprint density at radius 2 is 1.48 bits per heavy atom. The molecular formula is C34H46N2O4. The highest BCUT2D eigenvalue weighted by Crippen LogP contribution is 2.32. The van der Waals surface area contributed by atoms with Crippen LogP contribution in [0.5, 0.6) is 23.0 Å². The average molecular weight is 547 g/mol. The number of aryl methyl sites for hydroxylation is 2. The van der Waals surface area contributed by atoms with E-state index >= 15 is 0 Å². The molecule has 40 heavy (non-hydrogen) atoms. The van der Waals surface area contributed by atoms with E-state index in [1.54, 1.807) is 20.3 Å². The number of aromatic hydroxyl groups is 1. The molecule has 1 N–H and O–H groups in total. The second-order valence-electron chi connectivity index (χ2n) is 9.60. The number of likely N-dealkylation sites (N-methyl/N-ethyl adjacent to an activating group) is 1. The van der Waals surface area contributed by atoms with Crippen LogP contribution in [0.3, 0.4) is 0 Å². The molecular weight excluding hydrogens is 500 g/mol. The van der Waals surface area contributed by atoms with Gasteiger partial charge in [-0.1, -0.05) is 25.1 Å². The Morgan fingerprint density at radius 1 is 0.800 bits per heavy atom. The summed E-state index contributed by atoms with van der Waals surface area (Å²) >= 11 is 0. The van der Waals surface area contributed by atoms with Gasteiger partial charge in [-0.3, -0.25) is 0 Å². The van der Waals surface area contributed by atoms with E-state index < -0.39 is 0 Å². The van der Waals surface area contributed by atoms with Crippen molar-refractivity contribution in [3.63, 3.8) is 0 Å². The van der Waals surface area contributed by atoms with E-state index in [-0.39, 0.29) is 0 Å². The van der Waals surface area contributed by atoms with Gasteiger partial charge in [0, 0.05) is 31.4 Å². The van der Waals surface area contributed by atoms with E-state index in [1.165, 1.54) is 36.0 Å². The van der Waals surface area contributed by atoms with E-state index in [9.17, 15) is 5.11 Å². The Balaban J connectivity index is 0.000000355. The molecule has 0 bridgehead atoms. The van der Waals surface area contributed by atoms with Gasteiger partial charge >= 0.3 is 0 Å². The number of phenolic OH excluding ortho intramolecular Hbond substituents is 1. The Labute approximate surface area is 241 Å². The molecule has 0 radical (unpaired) electrons. The summed E-state index contributed by atoms with van der Waals surface area (Å²) in [6.07, 6.45) is 12.9. The highest BCUT2D eigenvalue weighted by atomic mass is 16.5. The van der Waals surface area contributed by atoms with E-state index in [0.717, 1.165) is 55.5 Å². The summed E-state index contributed by atoms with van der Waals surface area (Å²) in [6, 6.07) is 20.1. The first kappa shape index (κ1) is 32.4. The number of phenols is 1. The minimum absolute atomic E-state index is 0.408. The number of anilines is 1. The summed E-state index contributed by atoms with van der Waals surface area (Å²) in [7, 11) is 5.41. The molecule has 4 rings (SSSR count). The molecule has 0 aromatic heterocycles. The lowest BCUT2D eigenvalue weighted by Crippen LogP contribution is -2.23. The predicted molar refractivity (Wildman–Crippen MR) is 166 cm³/mol. The molecule has 216 valence electrons. The molecule has 0 spiro atoms. The molecule has 1 aliphatic carbocycles. The van der Waals surface area contributed by atoms with Crippen molar-refractivity contribution in [2.45, 2.75) is 46.1 Å². The topological polar surface area (TPSA) is 54.4 Å². The van der Waals surface area contributed by atoms with Crippen LogP contribution in [0.4, 0.5) is 5.69 Å². The molecule has 0 atom stereocenters. The van der Waals surface area contributed by atoms with Gasteiger partial charge in [0.05, 0.1) is 14.2 Å². The number of ether oxygens (including phenoxy) is 3. The molecule has 0 saturated carbocycles. The van der Waals surface area contributed by atoms with Gasteiger partial charge in [-0.15, -0.1) is 12.8 Å². The summed E-state index contributed by atoms with van der Waals surface area (Å²) in [5, 5.41) is 9.19. The number of fused-ring (bicyclic) bond motifs is 1. The molecule has 3 aromatic rings. The van der Waals surface area contributed by atoms with Gasteiger partial charge in [0.15, 0.2) is 11.5 Å². The molecule has 0 aliphatic heterocycles. The Kier molecular flexibility index (Phi) is 14.3. The molecule has 0 heterocycles. The van der Waals surface area contributed by atoms with Gasteiger partial charge in [0.25, 0.3) is 0 Å².